The van der Waals surface area contributed by atoms with E-state index in [1.54, 1.807) is 24.8 Å². The van der Waals surface area contributed by atoms with E-state index in [0.29, 0.717) is 42.4 Å². The van der Waals surface area contributed by atoms with Gasteiger partial charge in [0.05, 0.1) is 0 Å². The molecule has 2 N–H and O–H groups in total. The first-order chi connectivity index (χ1) is 23.6. The van der Waals surface area contributed by atoms with Crippen molar-refractivity contribution in [3.63, 3.8) is 0 Å². The molecule has 0 spiro atoms. The molecule has 274 valence electrons. The number of carbonyl (C=O) groups is 2. The van der Waals surface area contributed by atoms with Gasteiger partial charge in [-0.15, -0.1) is 0 Å². The molecule has 1 unspecified atom stereocenters. The first-order valence-corrected chi connectivity index (χ1v) is 19.4. The van der Waals surface area contributed by atoms with Crippen LogP contribution in [-0.2, 0) is 9.59 Å². The van der Waals surface area contributed by atoms with Gasteiger partial charge in [0.2, 0.25) is 0 Å². The van der Waals surface area contributed by atoms with Crippen LogP contribution in [0.4, 0.5) is 0 Å². The largest absolute Gasteiger partial charge is 0.481 e. The van der Waals surface area contributed by atoms with Crippen molar-refractivity contribution in [1.82, 2.24) is 9.97 Å². The molecule has 2 heterocycles. The highest BCUT2D eigenvalue weighted by Crippen LogP contribution is 2.78. The molecule has 6 heteroatoms. The molecule has 5 aliphatic rings. The molecule has 5 saturated carbocycles. The van der Waals surface area contributed by atoms with Gasteiger partial charge in [0.25, 0.3) is 0 Å². The number of hydrogen-bond donors (Lipinski definition) is 2. The summed E-state index contributed by atoms with van der Waals surface area (Å²) >= 11 is 0. The first kappa shape index (κ1) is 38.2. The smallest absolute Gasteiger partial charge is 0.303 e. The third-order valence-electron chi connectivity index (χ3n) is 15.9. The van der Waals surface area contributed by atoms with Crippen molar-refractivity contribution < 1.29 is 19.8 Å². The van der Waals surface area contributed by atoms with Gasteiger partial charge in [-0.05, 0) is 164 Å². The Morgan fingerprint density at radius 2 is 1.32 bits per heavy atom. The van der Waals surface area contributed by atoms with Crippen molar-refractivity contribution >= 4 is 11.9 Å². The lowest BCUT2D eigenvalue weighted by molar-refractivity contribution is -0.243. The Hall–Kier alpha value is -3.02. The summed E-state index contributed by atoms with van der Waals surface area (Å²) in [5.74, 6) is 2.00. The van der Waals surface area contributed by atoms with E-state index < -0.39 is 11.9 Å². The second-order valence-corrected chi connectivity index (χ2v) is 18.1. The summed E-state index contributed by atoms with van der Waals surface area (Å²) in [5.41, 5.74) is 2.35. The Morgan fingerprint density at radius 1 is 0.700 bits per heavy atom. The van der Waals surface area contributed by atoms with E-state index in [9.17, 15) is 19.8 Å². The van der Waals surface area contributed by atoms with Gasteiger partial charge in [0, 0.05) is 37.6 Å². The van der Waals surface area contributed by atoms with E-state index in [-0.39, 0.29) is 33.0 Å². The number of pyridine rings is 2. The van der Waals surface area contributed by atoms with Gasteiger partial charge in [-0.2, -0.15) is 0 Å². The Bertz CT molecular complexity index is 1380. The zero-order valence-electron chi connectivity index (χ0n) is 31.7. The molecule has 0 radical (unpaired) electrons. The van der Waals surface area contributed by atoms with Crippen LogP contribution in [0.2, 0.25) is 0 Å². The van der Waals surface area contributed by atoms with Crippen molar-refractivity contribution in [2.24, 2.45) is 62.6 Å². The maximum atomic E-state index is 11.7. The molecule has 0 bridgehead atoms. The highest BCUT2D eigenvalue weighted by molar-refractivity contribution is 5.67. The summed E-state index contributed by atoms with van der Waals surface area (Å²) in [6, 6.07) is 11.4. The Labute approximate surface area is 302 Å². The average Bonchev–Trinajstić information content (AvgIpc) is 3.48. The van der Waals surface area contributed by atoms with E-state index in [4.69, 9.17) is 0 Å². The van der Waals surface area contributed by atoms with Crippen LogP contribution in [0.5, 0.6) is 0 Å². The quantitative estimate of drug-likeness (QED) is 0.294. The molecular formula is C44H64N2O4. The summed E-state index contributed by atoms with van der Waals surface area (Å²) in [5, 5.41) is 19.2. The molecule has 50 heavy (non-hydrogen) atoms. The van der Waals surface area contributed by atoms with Crippen molar-refractivity contribution in [2.75, 3.05) is 0 Å². The molecule has 5 fully saturated rings. The number of carboxylic acids is 2. The monoisotopic (exact) mass is 684 g/mol. The molecular weight excluding hydrogens is 620 g/mol. The second kappa shape index (κ2) is 14.9. The number of aromatic nitrogens is 2. The second-order valence-electron chi connectivity index (χ2n) is 18.1. The summed E-state index contributed by atoms with van der Waals surface area (Å²) in [6.07, 6.45) is 20.4. The standard InChI is InChI=1S/C34H54O4.2C5H5N/c1-21(2)23-11-16-34(17-13-27(35)36)19-18-32(6)24(29(23)34)8-9-26-31(5)14-10-22(20-28(37)38)30(3,4)25(31)12-15-33(26,32)7;2*1-2-4-6-5-3-1/h22-26,29H,1,8-20H2,2-7H3,(H,35,36)(H,37,38);2*1-5H/t22?,23-,24+,25-,26+,29+,31-,32+,33+,34-;;/m0../s1. The molecule has 0 aromatic carbocycles. The van der Waals surface area contributed by atoms with Crippen LogP contribution < -0.4 is 0 Å². The van der Waals surface area contributed by atoms with Crippen LogP contribution in [-0.4, -0.2) is 32.1 Å². The average molecular weight is 685 g/mol. The first-order valence-electron chi connectivity index (χ1n) is 19.4. The van der Waals surface area contributed by atoms with E-state index in [1.165, 1.54) is 63.4 Å². The number of nitrogens with zero attached hydrogens (tertiary/aromatic N) is 2. The van der Waals surface area contributed by atoms with Crippen molar-refractivity contribution in [3.05, 3.63) is 73.3 Å². The summed E-state index contributed by atoms with van der Waals surface area (Å²) in [6.45, 7) is 19.3. The van der Waals surface area contributed by atoms with E-state index in [1.807, 2.05) is 36.4 Å². The number of hydrogen-bond acceptors (Lipinski definition) is 4. The van der Waals surface area contributed by atoms with Crippen LogP contribution in [0.15, 0.2) is 73.3 Å². The summed E-state index contributed by atoms with van der Waals surface area (Å²) in [4.78, 5) is 31.0. The molecule has 0 aliphatic heterocycles. The maximum absolute atomic E-state index is 11.7. The fourth-order valence-electron chi connectivity index (χ4n) is 13.3. The zero-order chi connectivity index (χ0) is 36.4. The van der Waals surface area contributed by atoms with Crippen LogP contribution >= 0.6 is 0 Å². The molecule has 6 nitrogen and oxygen atoms in total. The van der Waals surface area contributed by atoms with Gasteiger partial charge in [-0.1, -0.05) is 58.9 Å². The van der Waals surface area contributed by atoms with E-state index >= 15 is 0 Å². The Morgan fingerprint density at radius 3 is 1.82 bits per heavy atom. The molecule has 0 saturated heterocycles. The highest BCUT2D eigenvalue weighted by Gasteiger charge is 2.70. The third kappa shape index (κ3) is 6.94. The lowest BCUT2D eigenvalue weighted by Gasteiger charge is -2.73. The van der Waals surface area contributed by atoms with Gasteiger partial charge in [0.1, 0.15) is 0 Å². The number of rotatable bonds is 6. The minimum absolute atomic E-state index is 0.0551. The Kier molecular flexibility index (Phi) is 11.4. The minimum Gasteiger partial charge on any atom is -0.481 e. The molecule has 2 aromatic heterocycles. The minimum atomic E-state index is -0.645. The molecule has 2 aromatic rings. The van der Waals surface area contributed by atoms with Gasteiger partial charge < -0.3 is 10.2 Å². The maximum Gasteiger partial charge on any atom is 0.303 e. The summed E-state index contributed by atoms with van der Waals surface area (Å²) < 4.78 is 0. The topological polar surface area (TPSA) is 100 Å². The van der Waals surface area contributed by atoms with Crippen molar-refractivity contribution in [3.8, 4) is 0 Å². The van der Waals surface area contributed by atoms with Crippen LogP contribution in [0.3, 0.4) is 0 Å². The normalized spacial score (nSPS) is 39.3. The number of fused-ring (bicyclic) bond motifs is 7. The van der Waals surface area contributed by atoms with Crippen LogP contribution in [0, 0.1) is 62.6 Å². The summed E-state index contributed by atoms with van der Waals surface area (Å²) in [7, 11) is 0. The predicted molar refractivity (Wildman–Crippen MR) is 200 cm³/mol. The van der Waals surface area contributed by atoms with Crippen molar-refractivity contribution in [2.45, 2.75) is 125 Å². The molecule has 7 rings (SSSR count). The lowest BCUT2D eigenvalue weighted by Crippen LogP contribution is -2.66. The number of aliphatic carboxylic acids is 2. The SMILES string of the molecule is C=C(C)[C@@H]1CC[C@]2(CCC(=O)O)CC[C@]3(C)[C@H](CC[C@@H]4[C@@]5(C)CCC(CC(=O)O)C(C)(C)[C@@H]5CC[C@]43C)[C@@H]12.c1ccncc1.c1ccncc1. The number of allylic oxidation sites excluding steroid dienone is 1. The fourth-order valence-corrected chi connectivity index (χ4v) is 13.3. The number of carboxylic acid groups (broad SMARTS) is 2. The fraction of sp³-hybridized carbons (Fsp3) is 0.682. The van der Waals surface area contributed by atoms with E-state index in [0.717, 1.165) is 12.8 Å². The van der Waals surface area contributed by atoms with Crippen molar-refractivity contribution in [1.29, 1.82) is 0 Å². The molecule has 0 amide bonds. The highest BCUT2D eigenvalue weighted by atomic mass is 16.4. The van der Waals surface area contributed by atoms with Gasteiger partial charge in [0.15, 0.2) is 0 Å². The lowest BCUT2D eigenvalue weighted by atomic mass is 9.31. The third-order valence-corrected chi connectivity index (χ3v) is 15.9. The zero-order valence-corrected chi connectivity index (χ0v) is 31.7. The Balaban J connectivity index is 0.000000340. The van der Waals surface area contributed by atoms with Gasteiger partial charge in [-0.25, -0.2) is 0 Å². The van der Waals surface area contributed by atoms with Gasteiger partial charge >= 0.3 is 11.9 Å². The molecule has 5 aliphatic carbocycles. The molecule has 10 atom stereocenters. The van der Waals surface area contributed by atoms with Crippen LogP contribution in [0.1, 0.15) is 125 Å². The predicted octanol–water partition coefficient (Wildman–Crippen LogP) is 10.8. The van der Waals surface area contributed by atoms with E-state index in [2.05, 4.69) is 58.1 Å². The van der Waals surface area contributed by atoms with Crippen LogP contribution in [0.25, 0.3) is 0 Å². The van der Waals surface area contributed by atoms with Gasteiger partial charge in [-0.3, -0.25) is 19.6 Å².